The van der Waals surface area contributed by atoms with Gasteiger partial charge in [0, 0.05) is 55.8 Å². The zero-order valence-electron chi connectivity index (χ0n) is 24.4. The van der Waals surface area contributed by atoms with E-state index in [9.17, 15) is 23.9 Å². The van der Waals surface area contributed by atoms with E-state index in [2.05, 4.69) is 15.4 Å². The Labute approximate surface area is 256 Å². The highest BCUT2D eigenvalue weighted by atomic mass is 19.1. The lowest BCUT2D eigenvalue weighted by atomic mass is 9.96. The Morgan fingerprint density at radius 1 is 1.00 bits per heavy atom. The zero-order chi connectivity index (χ0) is 31.2. The number of nitrogens with one attached hydrogen (secondary N) is 1. The SMILES string of the molecule is Cn1c2c(cc(Nc3ccc(C(=O)N4CCOCC4)cn3)c1=O)-c1cccc(-n3ncc4cccc(F)c4c3=O)c1C[C@H](O)C2. The van der Waals surface area contributed by atoms with Gasteiger partial charge in [-0.1, -0.05) is 24.3 Å². The maximum atomic E-state index is 14.7. The molecule has 7 rings (SSSR count). The van der Waals surface area contributed by atoms with E-state index in [0.29, 0.717) is 71.1 Å². The fourth-order valence-corrected chi connectivity index (χ4v) is 6.12. The van der Waals surface area contributed by atoms with Crippen molar-refractivity contribution in [3.05, 3.63) is 110 Å². The number of fused-ring (bicyclic) bond motifs is 4. The number of carbonyl (C=O) groups excluding carboxylic acids is 1. The Morgan fingerprint density at radius 2 is 1.80 bits per heavy atom. The molecule has 1 aliphatic heterocycles. The Hall–Kier alpha value is -5.20. The van der Waals surface area contributed by atoms with Crippen molar-refractivity contribution in [2.75, 3.05) is 31.6 Å². The molecule has 45 heavy (non-hydrogen) atoms. The molecule has 0 radical (unpaired) electrons. The smallest absolute Gasteiger partial charge is 0.282 e. The normalized spacial score (nSPS) is 16.2. The minimum absolute atomic E-state index is 0.0706. The number of anilines is 2. The molecule has 1 atom stereocenters. The molecule has 11 nitrogen and oxygen atoms in total. The predicted octanol–water partition coefficient (Wildman–Crippen LogP) is 2.96. The van der Waals surface area contributed by atoms with Crippen LogP contribution in [0.2, 0.25) is 0 Å². The molecule has 2 aliphatic rings. The van der Waals surface area contributed by atoms with Gasteiger partial charge in [-0.3, -0.25) is 14.4 Å². The third-order valence-corrected chi connectivity index (χ3v) is 8.41. The Kier molecular flexibility index (Phi) is 7.22. The van der Waals surface area contributed by atoms with E-state index >= 15 is 0 Å². The van der Waals surface area contributed by atoms with Gasteiger partial charge in [-0.25, -0.2) is 9.37 Å². The van der Waals surface area contributed by atoms with Gasteiger partial charge in [-0.15, -0.1) is 0 Å². The van der Waals surface area contributed by atoms with Crippen molar-refractivity contribution in [1.82, 2.24) is 24.2 Å². The minimum Gasteiger partial charge on any atom is -0.392 e. The first-order valence-electron chi connectivity index (χ1n) is 14.6. The summed E-state index contributed by atoms with van der Waals surface area (Å²) in [6.07, 6.45) is 2.44. The number of morpholine rings is 1. The maximum Gasteiger partial charge on any atom is 0.282 e. The molecular weight excluding hydrogens is 579 g/mol. The molecule has 2 aromatic carbocycles. The highest BCUT2D eigenvalue weighted by Gasteiger charge is 2.27. The molecule has 1 saturated heterocycles. The first-order chi connectivity index (χ1) is 21.8. The number of nitrogens with zero attached hydrogens (tertiary/aromatic N) is 5. The average Bonchev–Trinajstić information content (AvgIpc) is 3.20. The van der Waals surface area contributed by atoms with Crippen LogP contribution in [0, 0.1) is 5.82 Å². The van der Waals surface area contributed by atoms with Crippen LogP contribution >= 0.6 is 0 Å². The standard InChI is InChI=1S/C33H29FN6O5/c1-38-28-15-21(41)14-23-22(5-3-7-27(23)40-33(44)30-19(18-36-40)4-2-6-25(30)34)24(28)16-26(32(38)43)37-29-9-8-20(17-35-29)31(42)39-10-12-45-13-11-39/h2-9,16-18,21,41H,10-15H2,1H3,(H,35,37)/t21-/m0/s1. The van der Waals surface area contributed by atoms with Crippen LogP contribution < -0.4 is 16.4 Å². The van der Waals surface area contributed by atoms with Crippen molar-refractivity contribution in [3.63, 3.8) is 0 Å². The monoisotopic (exact) mass is 608 g/mol. The van der Waals surface area contributed by atoms with Gasteiger partial charge in [0.2, 0.25) is 0 Å². The lowest BCUT2D eigenvalue weighted by Crippen LogP contribution is -2.40. The number of rotatable bonds is 4. The summed E-state index contributed by atoms with van der Waals surface area (Å²) in [7, 11) is 1.64. The van der Waals surface area contributed by atoms with E-state index in [-0.39, 0.29) is 35.4 Å². The Morgan fingerprint density at radius 3 is 2.58 bits per heavy atom. The summed E-state index contributed by atoms with van der Waals surface area (Å²) in [5, 5.41) is 18.8. The topological polar surface area (TPSA) is 132 Å². The number of aromatic nitrogens is 4. The quantitative estimate of drug-likeness (QED) is 0.319. The number of pyridine rings is 2. The number of aliphatic hydroxyl groups is 1. The van der Waals surface area contributed by atoms with E-state index in [1.807, 2.05) is 6.07 Å². The number of halogens is 1. The van der Waals surface area contributed by atoms with Gasteiger partial charge < -0.3 is 24.6 Å². The Balaban J connectivity index is 1.29. The molecular formula is C33H29FN6O5. The molecule has 0 bridgehead atoms. The molecule has 228 valence electrons. The first kappa shape index (κ1) is 28.6. The minimum atomic E-state index is -0.860. The van der Waals surface area contributed by atoms with Crippen molar-refractivity contribution in [2.24, 2.45) is 7.05 Å². The number of aliphatic hydroxyl groups excluding tert-OH is 1. The number of hydrogen-bond donors (Lipinski definition) is 2. The molecule has 1 amide bonds. The molecule has 4 heterocycles. The van der Waals surface area contributed by atoms with Crippen molar-refractivity contribution in [2.45, 2.75) is 18.9 Å². The van der Waals surface area contributed by atoms with E-state index < -0.39 is 17.5 Å². The van der Waals surface area contributed by atoms with E-state index in [1.165, 1.54) is 29.1 Å². The lowest BCUT2D eigenvalue weighted by molar-refractivity contribution is 0.0302. The van der Waals surface area contributed by atoms with Crippen molar-refractivity contribution < 1.29 is 19.0 Å². The second-order valence-electron chi connectivity index (χ2n) is 11.2. The number of amides is 1. The van der Waals surface area contributed by atoms with Gasteiger partial charge in [-0.05, 0) is 41.5 Å². The molecule has 0 unspecified atom stereocenters. The molecule has 3 aromatic heterocycles. The first-order valence-corrected chi connectivity index (χ1v) is 14.6. The predicted molar refractivity (Wildman–Crippen MR) is 166 cm³/mol. The number of hydrogen-bond acceptors (Lipinski definition) is 8. The second kappa shape index (κ2) is 11.4. The molecule has 5 aromatic rings. The highest BCUT2D eigenvalue weighted by molar-refractivity contribution is 5.94. The average molecular weight is 609 g/mol. The zero-order valence-corrected chi connectivity index (χ0v) is 24.4. The summed E-state index contributed by atoms with van der Waals surface area (Å²) in [4.78, 5) is 45.9. The van der Waals surface area contributed by atoms with Gasteiger partial charge in [0.1, 0.15) is 17.3 Å². The summed E-state index contributed by atoms with van der Waals surface area (Å²) >= 11 is 0. The number of carbonyl (C=O) groups is 1. The number of ether oxygens (including phenoxy) is 1. The van der Waals surface area contributed by atoms with Crippen LogP contribution in [0.1, 0.15) is 21.6 Å². The molecule has 12 heteroatoms. The summed E-state index contributed by atoms with van der Waals surface area (Å²) in [5.41, 5.74) is 2.82. The van der Waals surface area contributed by atoms with E-state index in [4.69, 9.17) is 4.74 Å². The summed E-state index contributed by atoms with van der Waals surface area (Å²) in [6, 6.07) is 14.7. The molecule has 1 fully saturated rings. The lowest BCUT2D eigenvalue weighted by Gasteiger charge is -2.26. The molecule has 2 N–H and O–H groups in total. The van der Waals surface area contributed by atoms with E-state index in [1.54, 1.807) is 48.3 Å². The van der Waals surface area contributed by atoms with E-state index in [0.717, 1.165) is 4.68 Å². The molecule has 1 aliphatic carbocycles. The third kappa shape index (κ3) is 5.07. The highest BCUT2D eigenvalue weighted by Crippen LogP contribution is 2.36. The van der Waals surface area contributed by atoms with Crippen LogP contribution in [-0.4, -0.2) is 67.7 Å². The van der Waals surface area contributed by atoms with Crippen LogP contribution in [-0.2, 0) is 24.6 Å². The maximum absolute atomic E-state index is 14.7. The van der Waals surface area contributed by atoms with Crippen LogP contribution in [0.25, 0.3) is 27.6 Å². The van der Waals surface area contributed by atoms with Crippen molar-refractivity contribution >= 4 is 28.2 Å². The molecule has 0 spiro atoms. The fourth-order valence-electron chi connectivity index (χ4n) is 6.12. The number of benzene rings is 2. The van der Waals surface area contributed by atoms with Crippen LogP contribution in [0.5, 0.6) is 0 Å². The summed E-state index contributed by atoms with van der Waals surface area (Å²) in [6.45, 7) is 2.03. The second-order valence-corrected chi connectivity index (χ2v) is 11.2. The van der Waals surface area contributed by atoms with Crippen LogP contribution in [0.4, 0.5) is 15.9 Å². The van der Waals surface area contributed by atoms with Gasteiger partial charge in [0.15, 0.2) is 0 Å². The van der Waals surface area contributed by atoms with Crippen molar-refractivity contribution in [3.8, 4) is 16.8 Å². The van der Waals surface area contributed by atoms with Gasteiger partial charge in [0.05, 0.1) is 42.2 Å². The van der Waals surface area contributed by atoms with Gasteiger partial charge in [0.25, 0.3) is 17.0 Å². The Bertz CT molecular complexity index is 2090. The van der Waals surface area contributed by atoms with Gasteiger partial charge >= 0.3 is 0 Å². The summed E-state index contributed by atoms with van der Waals surface area (Å²) in [5.74, 6) is -0.395. The van der Waals surface area contributed by atoms with Gasteiger partial charge in [-0.2, -0.15) is 9.78 Å². The molecule has 0 saturated carbocycles. The van der Waals surface area contributed by atoms with Crippen LogP contribution in [0.15, 0.2) is 76.6 Å². The fraction of sp³-hybridized carbons (Fsp3) is 0.242. The summed E-state index contributed by atoms with van der Waals surface area (Å²) < 4.78 is 22.7. The van der Waals surface area contributed by atoms with Crippen molar-refractivity contribution in [1.29, 1.82) is 0 Å². The van der Waals surface area contributed by atoms with Crippen LogP contribution in [0.3, 0.4) is 0 Å². The third-order valence-electron chi connectivity index (χ3n) is 8.41. The largest absolute Gasteiger partial charge is 0.392 e.